The highest BCUT2D eigenvalue weighted by Crippen LogP contribution is 2.34. The summed E-state index contributed by atoms with van der Waals surface area (Å²) in [6.07, 6.45) is 2.57. The summed E-state index contributed by atoms with van der Waals surface area (Å²) in [5.74, 6) is 0.780. The molecule has 1 aliphatic heterocycles. The normalized spacial score (nSPS) is 21.7. The van der Waals surface area contributed by atoms with Crippen LogP contribution in [0.5, 0.6) is 0 Å². The molecule has 1 aliphatic rings. The molecular formula is C13H25N3. The molecule has 3 heteroatoms. The average molecular weight is 223 g/mol. The summed E-state index contributed by atoms with van der Waals surface area (Å²) in [7, 11) is 2.19. The van der Waals surface area contributed by atoms with E-state index in [1.807, 2.05) is 6.92 Å². The van der Waals surface area contributed by atoms with Crippen molar-refractivity contribution in [2.24, 2.45) is 11.3 Å². The third-order valence-corrected chi connectivity index (χ3v) is 3.88. The Balaban J connectivity index is 2.41. The van der Waals surface area contributed by atoms with Crippen LogP contribution in [-0.4, -0.2) is 37.6 Å². The summed E-state index contributed by atoms with van der Waals surface area (Å²) in [4.78, 5) is 2.40. The Kier molecular flexibility index (Phi) is 4.76. The van der Waals surface area contributed by atoms with E-state index in [-0.39, 0.29) is 6.04 Å². The molecule has 0 bridgehead atoms. The molecule has 1 unspecified atom stereocenters. The zero-order valence-electron chi connectivity index (χ0n) is 11.1. The van der Waals surface area contributed by atoms with Crippen molar-refractivity contribution in [3.8, 4) is 6.07 Å². The molecule has 1 fully saturated rings. The molecule has 0 saturated carbocycles. The topological polar surface area (TPSA) is 39.1 Å². The van der Waals surface area contributed by atoms with Gasteiger partial charge in [0.1, 0.15) is 0 Å². The molecule has 0 radical (unpaired) electrons. The smallest absolute Gasteiger partial charge is 0.0924 e. The summed E-state index contributed by atoms with van der Waals surface area (Å²) in [5, 5.41) is 12.1. The van der Waals surface area contributed by atoms with E-state index < -0.39 is 0 Å². The van der Waals surface area contributed by atoms with Gasteiger partial charge in [0.05, 0.1) is 12.1 Å². The lowest BCUT2D eigenvalue weighted by atomic mass is 9.73. The van der Waals surface area contributed by atoms with Crippen molar-refractivity contribution < 1.29 is 0 Å². The number of rotatable bonds is 4. The number of hydrogen-bond donors (Lipinski definition) is 1. The maximum absolute atomic E-state index is 8.76. The predicted octanol–water partition coefficient (Wildman–Crippen LogP) is 1.86. The molecule has 1 saturated heterocycles. The van der Waals surface area contributed by atoms with Crippen molar-refractivity contribution in [1.82, 2.24) is 10.2 Å². The number of nitrogens with one attached hydrogen (secondary N) is 1. The molecule has 1 N–H and O–H groups in total. The van der Waals surface area contributed by atoms with Gasteiger partial charge in [-0.1, -0.05) is 13.8 Å². The Hall–Kier alpha value is -0.590. The lowest BCUT2D eigenvalue weighted by Gasteiger charge is -2.40. The van der Waals surface area contributed by atoms with Gasteiger partial charge in [-0.2, -0.15) is 5.26 Å². The molecule has 92 valence electrons. The van der Waals surface area contributed by atoms with Gasteiger partial charge in [-0.05, 0) is 51.2 Å². The van der Waals surface area contributed by atoms with Crippen LogP contribution in [-0.2, 0) is 0 Å². The monoisotopic (exact) mass is 223 g/mol. The van der Waals surface area contributed by atoms with Crippen LogP contribution in [0.3, 0.4) is 0 Å². The second-order valence-electron chi connectivity index (χ2n) is 5.80. The van der Waals surface area contributed by atoms with Gasteiger partial charge in [0.15, 0.2) is 0 Å². The van der Waals surface area contributed by atoms with Gasteiger partial charge >= 0.3 is 0 Å². The van der Waals surface area contributed by atoms with Crippen molar-refractivity contribution in [1.29, 1.82) is 5.26 Å². The number of hydrogen-bond acceptors (Lipinski definition) is 3. The molecular weight excluding hydrogens is 198 g/mol. The van der Waals surface area contributed by atoms with E-state index in [4.69, 9.17) is 5.26 Å². The predicted molar refractivity (Wildman–Crippen MR) is 67.1 cm³/mol. The molecule has 3 nitrogen and oxygen atoms in total. The number of nitrogens with zero attached hydrogens (tertiary/aromatic N) is 2. The van der Waals surface area contributed by atoms with E-state index in [1.165, 1.54) is 25.9 Å². The first-order chi connectivity index (χ1) is 7.45. The molecule has 1 atom stereocenters. The third-order valence-electron chi connectivity index (χ3n) is 3.88. The summed E-state index contributed by atoms with van der Waals surface area (Å²) in [6, 6.07) is 2.19. The first-order valence-corrected chi connectivity index (χ1v) is 6.27. The number of likely N-dealkylation sites (tertiary alicyclic amines) is 1. The van der Waals surface area contributed by atoms with E-state index in [0.29, 0.717) is 5.41 Å². The second-order valence-corrected chi connectivity index (χ2v) is 5.80. The van der Waals surface area contributed by atoms with Gasteiger partial charge < -0.3 is 10.2 Å². The van der Waals surface area contributed by atoms with E-state index >= 15 is 0 Å². The Morgan fingerprint density at radius 1 is 1.44 bits per heavy atom. The zero-order valence-corrected chi connectivity index (χ0v) is 11.1. The van der Waals surface area contributed by atoms with Crippen molar-refractivity contribution in [3.05, 3.63) is 0 Å². The van der Waals surface area contributed by atoms with Crippen LogP contribution < -0.4 is 5.32 Å². The minimum atomic E-state index is -0.0365. The van der Waals surface area contributed by atoms with Crippen LogP contribution in [0.25, 0.3) is 0 Å². The number of piperidine rings is 1. The van der Waals surface area contributed by atoms with Gasteiger partial charge in [0.2, 0.25) is 0 Å². The maximum Gasteiger partial charge on any atom is 0.0924 e. The minimum absolute atomic E-state index is 0.0365. The fourth-order valence-corrected chi connectivity index (χ4v) is 2.40. The maximum atomic E-state index is 8.76. The van der Waals surface area contributed by atoms with Crippen molar-refractivity contribution in [2.75, 3.05) is 26.7 Å². The molecule has 0 spiro atoms. The van der Waals surface area contributed by atoms with E-state index in [0.717, 1.165) is 12.5 Å². The summed E-state index contributed by atoms with van der Waals surface area (Å²) >= 11 is 0. The molecule has 0 amide bonds. The number of nitriles is 1. The van der Waals surface area contributed by atoms with E-state index in [1.54, 1.807) is 0 Å². The fraction of sp³-hybridized carbons (Fsp3) is 0.923. The molecule has 1 rings (SSSR count). The molecule has 0 aliphatic carbocycles. The first kappa shape index (κ1) is 13.5. The van der Waals surface area contributed by atoms with Gasteiger partial charge in [0.25, 0.3) is 0 Å². The van der Waals surface area contributed by atoms with Crippen molar-refractivity contribution in [3.63, 3.8) is 0 Å². The van der Waals surface area contributed by atoms with Crippen LogP contribution in [0, 0.1) is 22.7 Å². The minimum Gasteiger partial charge on any atom is -0.306 e. The van der Waals surface area contributed by atoms with Crippen molar-refractivity contribution >= 4 is 0 Å². The Labute approximate surface area is 99.8 Å². The van der Waals surface area contributed by atoms with Crippen molar-refractivity contribution in [2.45, 2.75) is 39.7 Å². The first-order valence-electron chi connectivity index (χ1n) is 6.27. The Morgan fingerprint density at radius 3 is 2.50 bits per heavy atom. The highest BCUT2D eigenvalue weighted by Gasteiger charge is 2.31. The van der Waals surface area contributed by atoms with Crippen LogP contribution in [0.1, 0.15) is 33.6 Å². The van der Waals surface area contributed by atoms with Gasteiger partial charge in [-0.3, -0.25) is 0 Å². The van der Waals surface area contributed by atoms with Crippen LogP contribution in [0.4, 0.5) is 0 Å². The quantitative estimate of drug-likeness (QED) is 0.790. The molecule has 1 heterocycles. The third kappa shape index (κ3) is 3.77. The van der Waals surface area contributed by atoms with E-state index in [2.05, 4.69) is 37.2 Å². The molecule has 0 aromatic heterocycles. The molecule has 0 aromatic rings. The Bertz CT molecular complexity index is 246. The molecule has 0 aromatic carbocycles. The van der Waals surface area contributed by atoms with Crippen LogP contribution >= 0.6 is 0 Å². The summed E-state index contributed by atoms with van der Waals surface area (Å²) in [5.41, 5.74) is 0.298. The highest BCUT2D eigenvalue weighted by molar-refractivity contribution is 4.90. The average Bonchev–Trinajstić information content (AvgIpc) is 2.26. The van der Waals surface area contributed by atoms with E-state index in [9.17, 15) is 0 Å². The van der Waals surface area contributed by atoms with Gasteiger partial charge in [-0.15, -0.1) is 0 Å². The lowest BCUT2D eigenvalue weighted by Crippen LogP contribution is -2.43. The van der Waals surface area contributed by atoms with Crippen LogP contribution in [0.15, 0.2) is 0 Å². The highest BCUT2D eigenvalue weighted by atomic mass is 15.1. The summed E-state index contributed by atoms with van der Waals surface area (Å²) < 4.78 is 0. The standard InChI is InChI=1S/C13H25N3/c1-11(9-14)15-10-13(2,3)12-5-7-16(4)8-6-12/h11-12,15H,5-8,10H2,1-4H3. The molecule has 16 heavy (non-hydrogen) atoms. The Morgan fingerprint density at radius 2 is 2.00 bits per heavy atom. The SMILES string of the molecule is CC(C#N)NCC(C)(C)C1CCN(C)CC1. The largest absolute Gasteiger partial charge is 0.306 e. The summed E-state index contributed by atoms with van der Waals surface area (Å²) in [6.45, 7) is 9.92. The lowest BCUT2D eigenvalue weighted by molar-refractivity contribution is 0.112. The fourth-order valence-electron chi connectivity index (χ4n) is 2.40. The second kappa shape index (κ2) is 5.65. The zero-order chi connectivity index (χ0) is 12.2. The van der Waals surface area contributed by atoms with Crippen LogP contribution in [0.2, 0.25) is 0 Å². The van der Waals surface area contributed by atoms with Gasteiger partial charge in [0, 0.05) is 6.54 Å². The van der Waals surface area contributed by atoms with Gasteiger partial charge in [-0.25, -0.2) is 0 Å².